The molecule has 1 N–H and O–H groups in total. The highest BCUT2D eigenvalue weighted by Gasteiger charge is 2.30. The molecule has 1 fully saturated rings. The van der Waals surface area contributed by atoms with Crippen LogP contribution in [0.25, 0.3) is 0 Å². The molecule has 1 aliphatic rings. The molecule has 21 heavy (non-hydrogen) atoms. The van der Waals surface area contributed by atoms with Gasteiger partial charge < -0.3 is 24.4 Å². The first-order valence-electron chi connectivity index (χ1n) is 6.81. The lowest BCUT2D eigenvalue weighted by atomic mass is 10.2. The molecule has 0 aromatic carbocycles. The normalized spacial score (nSPS) is 18.5. The summed E-state index contributed by atoms with van der Waals surface area (Å²) in [6.07, 6.45) is -0.352. The summed E-state index contributed by atoms with van der Waals surface area (Å²) in [6, 6.07) is -0.582. The first-order chi connectivity index (χ1) is 9.85. The second kappa shape index (κ2) is 7.82. The van der Waals surface area contributed by atoms with E-state index in [4.69, 9.17) is 9.84 Å². The van der Waals surface area contributed by atoms with Crippen molar-refractivity contribution in [3.05, 3.63) is 0 Å². The van der Waals surface area contributed by atoms with Crippen LogP contribution >= 0.6 is 0 Å². The number of hydrogen-bond donors (Lipinski definition) is 1. The third kappa shape index (κ3) is 5.22. The summed E-state index contributed by atoms with van der Waals surface area (Å²) in [7, 11) is 1.29. The molecule has 120 valence electrons. The number of nitrogens with zero attached hydrogens (tertiary/aromatic N) is 2. The SMILES string of the molecule is COC(=O)CC1CN(C(=O)N(CC(=O)O)C(C)C)CCO1. The highest BCUT2D eigenvalue weighted by atomic mass is 16.5. The first kappa shape index (κ1) is 17.2. The van der Waals surface area contributed by atoms with Gasteiger partial charge in [0, 0.05) is 19.1 Å². The van der Waals surface area contributed by atoms with Crippen LogP contribution in [-0.2, 0) is 19.1 Å². The quantitative estimate of drug-likeness (QED) is 0.727. The summed E-state index contributed by atoms with van der Waals surface area (Å²) in [5.74, 6) is -1.46. The van der Waals surface area contributed by atoms with Crippen molar-refractivity contribution in [2.24, 2.45) is 0 Å². The van der Waals surface area contributed by atoms with Gasteiger partial charge in [0.15, 0.2) is 0 Å². The fourth-order valence-electron chi connectivity index (χ4n) is 2.08. The molecule has 0 saturated carbocycles. The summed E-state index contributed by atoms with van der Waals surface area (Å²) in [4.78, 5) is 37.3. The van der Waals surface area contributed by atoms with E-state index in [1.165, 1.54) is 16.9 Å². The fraction of sp³-hybridized carbons (Fsp3) is 0.769. The summed E-state index contributed by atoms with van der Waals surface area (Å²) in [6.45, 7) is 4.10. The number of carbonyl (C=O) groups excluding carboxylic acids is 2. The van der Waals surface area contributed by atoms with Gasteiger partial charge in [-0.3, -0.25) is 9.59 Å². The average molecular weight is 302 g/mol. The zero-order valence-corrected chi connectivity index (χ0v) is 12.6. The van der Waals surface area contributed by atoms with Crippen LogP contribution in [0, 0.1) is 0 Å². The highest BCUT2D eigenvalue weighted by Crippen LogP contribution is 2.13. The van der Waals surface area contributed by atoms with Gasteiger partial charge >= 0.3 is 18.0 Å². The van der Waals surface area contributed by atoms with Gasteiger partial charge in [0.25, 0.3) is 0 Å². The maximum Gasteiger partial charge on any atom is 0.323 e. The molecular weight excluding hydrogens is 280 g/mol. The van der Waals surface area contributed by atoms with E-state index >= 15 is 0 Å². The molecule has 0 aromatic rings. The summed E-state index contributed by atoms with van der Waals surface area (Å²) >= 11 is 0. The number of urea groups is 1. The van der Waals surface area contributed by atoms with E-state index in [-0.39, 0.29) is 31.6 Å². The van der Waals surface area contributed by atoms with E-state index in [2.05, 4.69) is 4.74 Å². The topological polar surface area (TPSA) is 96.4 Å². The number of hydrogen-bond acceptors (Lipinski definition) is 5. The van der Waals surface area contributed by atoms with Crippen LogP contribution in [0.1, 0.15) is 20.3 Å². The summed E-state index contributed by atoms with van der Waals surface area (Å²) in [5.41, 5.74) is 0. The van der Waals surface area contributed by atoms with Crippen LogP contribution in [0.3, 0.4) is 0 Å². The number of carbonyl (C=O) groups is 3. The van der Waals surface area contributed by atoms with Crippen molar-refractivity contribution in [2.45, 2.75) is 32.4 Å². The zero-order valence-electron chi connectivity index (χ0n) is 12.6. The summed E-state index contributed by atoms with van der Waals surface area (Å²) in [5, 5.41) is 8.88. The molecule has 0 radical (unpaired) electrons. The lowest BCUT2D eigenvalue weighted by molar-refractivity contribution is -0.145. The van der Waals surface area contributed by atoms with Crippen LogP contribution in [0.4, 0.5) is 4.79 Å². The standard InChI is InChI=1S/C13H22N2O6/c1-9(2)15(8-11(16)17)13(19)14-4-5-21-10(7-14)6-12(18)20-3/h9-10H,4-8H2,1-3H3,(H,16,17). The molecular formula is C13H22N2O6. The van der Waals surface area contributed by atoms with Gasteiger partial charge in [-0.05, 0) is 13.8 Å². The van der Waals surface area contributed by atoms with E-state index in [1.54, 1.807) is 13.8 Å². The Hall–Kier alpha value is -1.83. The molecule has 0 bridgehead atoms. The number of methoxy groups -OCH3 is 1. The Bertz CT molecular complexity index is 398. The largest absolute Gasteiger partial charge is 0.480 e. The maximum atomic E-state index is 12.4. The Morgan fingerprint density at radius 1 is 1.43 bits per heavy atom. The van der Waals surface area contributed by atoms with Crippen LogP contribution in [-0.4, -0.2) is 78.4 Å². The van der Waals surface area contributed by atoms with E-state index in [1.807, 2.05) is 0 Å². The number of morpholine rings is 1. The molecule has 0 spiro atoms. The average Bonchev–Trinajstić information content (AvgIpc) is 2.43. The zero-order chi connectivity index (χ0) is 16.0. The molecule has 8 heteroatoms. The Morgan fingerprint density at radius 3 is 2.62 bits per heavy atom. The second-order valence-electron chi connectivity index (χ2n) is 5.12. The molecule has 1 rings (SSSR count). The number of rotatable bonds is 5. The Morgan fingerprint density at radius 2 is 2.10 bits per heavy atom. The second-order valence-corrected chi connectivity index (χ2v) is 5.12. The highest BCUT2D eigenvalue weighted by molar-refractivity contribution is 5.80. The first-order valence-corrected chi connectivity index (χ1v) is 6.81. The molecule has 8 nitrogen and oxygen atoms in total. The molecule has 0 aliphatic carbocycles. The van der Waals surface area contributed by atoms with Crippen molar-refractivity contribution in [3.63, 3.8) is 0 Å². The van der Waals surface area contributed by atoms with Gasteiger partial charge in [-0.25, -0.2) is 4.79 Å². The minimum atomic E-state index is -1.06. The number of carboxylic acids is 1. The molecule has 1 saturated heterocycles. The van der Waals surface area contributed by atoms with Gasteiger partial charge in [-0.1, -0.05) is 0 Å². The Balaban J connectivity index is 2.67. The number of amides is 2. The fourth-order valence-corrected chi connectivity index (χ4v) is 2.08. The molecule has 0 aromatic heterocycles. The van der Waals surface area contributed by atoms with Gasteiger partial charge in [0.2, 0.25) is 0 Å². The lowest BCUT2D eigenvalue weighted by Gasteiger charge is -2.37. The minimum absolute atomic E-state index is 0.0703. The van der Waals surface area contributed by atoms with E-state index in [0.29, 0.717) is 13.2 Å². The van der Waals surface area contributed by atoms with Crippen molar-refractivity contribution in [2.75, 3.05) is 33.4 Å². The molecule has 2 amide bonds. The van der Waals surface area contributed by atoms with Gasteiger partial charge in [-0.2, -0.15) is 0 Å². The third-order valence-corrected chi connectivity index (χ3v) is 3.21. The van der Waals surface area contributed by atoms with Crippen LogP contribution in [0.2, 0.25) is 0 Å². The molecule has 1 aliphatic heterocycles. The van der Waals surface area contributed by atoms with E-state index < -0.39 is 18.0 Å². The smallest absolute Gasteiger partial charge is 0.323 e. The van der Waals surface area contributed by atoms with Crippen LogP contribution in [0.15, 0.2) is 0 Å². The Labute approximate surface area is 123 Å². The lowest BCUT2D eigenvalue weighted by Crippen LogP contribution is -2.54. The van der Waals surface area contributed by atoms with Crippen molar-refractivity contribution in [1.82, 2.24) is 9.80 Å². The van der Waals surface area contributed by atoms with Gasteiger partial charge in [0.05, 0.1) is 26.2 Å². The van der Waals surface area contributed by atoms with Crippen molar-refractivity contribution in [3.8, 4) is 0 Å². The monoisotopic (exact) mass is 302 g/mol. The summed E-state index contributed by atoms with van der Waals surface area (Å²) < 4.78 is 10.00. The van der Waals surface area contributed by atoms with Crippen LogP contribution in [0.5, 0.6) is 0 Å². The van der Waals surface area contributed by atoms with Gasteiger partial charge in [-0.15, -0.1) is 0 Å². The number of carboxylic acid groups (broad SMARTS) is 1. The van der Waals surface area contributed by atoms with Crippen molar-refractivity contribution < 1.29 is 29.0 Å². The van der Waals surface area contributed by atoms with Crippen molar-refractivity contribution >= 4 is 18.0 Å². The predicted octanol–water partition coefficient (Wildman–Crippen LogP) is 0.165. The minimum Gasteiger partial charge on any atom is -0.480 e. The van der Waals surface area contributed by atoms with Gasteiger partial charge in [0.1, 0.15) is 6.54 Å². The van der Waals surface area contributed by atoms with E-state index in [9.17, 15) is 14.4 Å². The van der Waals surface area contributed by atoms with Crippen molar-refractivity contribution in [1.29, 1.82) is 0 Å². The third-order valence-electron chi connectivity index (χ3n) is 3.21. The molecule has 1 unspecified atom stereocenters. The molecule has 1 heterocycles. The molecule has 1 atom stereocenters. The number of ether oxygens (including phenoxy) is 2. The predicted molar refractivity (Wildman–Crippen MR) is 72.8 cm³/mol. The number of esters is 1. The van der Waals surface area contributed by atoms with Crippen LogP contribution < -0.4 is 0 Å². The Kier molecular flexibility index (Phi) is 6.41. The maximum absolute atomic E-state index is 12.4. The number of aliphatic carboxylic acids is 1. The van der Waals surface area contributed by atoms with E-state index in [0.717, 1.165) is 0 Å².